The van der Waals surface area contributed by atoms with E-state index in [1.165, 1.54) is 12.0 Å². The van der Waals surface area contributed by atoms with Gasteiger partial charge in [-0.05, 0) is 36.2 Å². The second-order valence-corrected chi connectivity index (χ2v) is 6.50. The Labute approximate surface area is 263 Å². The molecule has 0 amide bonds. The summed E-state index contributed by atoms with van der Waals surface area (Å²) in [5.74, 6) is 1.09. The Balaban J connectivity index is -0.000000232. The summed E-state index contributed by atoms with van der Waals surface area (Å²) in [4.78, 5) is 9.24. The van der Waals surface area contributed by atoms with E-state index in [0.29, 0.717) is 0 Å². The van der Waals surface area contributed by atoms with Crippen LogP contribution in [0.5, 0.6) is 0 Å². The van der Waals surface area contributed by atoms with Gasteiger partial charge in [-0.3, -0.25) is 0 Å². The first-order chi connectivity index (χ1) is 14.6. The third-order valence-electron chi connectivity index (χ3n) is 4.09. The molecule has 0 aromatic heterocycles. The van der Waals surface area contributed by atoms with E-state index in [1.54, 1.807) is 0 Å². The fraction of sp³-hybridized carbons (Fsp3) is 0.500. The van der Waals surface area contributed by atoms with Gasteiger partial charge in [0, 0.05) is 104 Å². The van der Waals surface area contributed by atoms with Crippen molar-refractivity contribution in [2.75, 3.05) is 32.5 Å². The molecular weight excluding hydrogens is 570 g/mol. The number of aliphatic imine (C=N–C) groups is 1. The van der Waals surface area contributed by atoms with Crippen molar-refractivity contribution in [1.29, 1.82) is 0 Å². The monoisotopic (exact) mass is 621 g/mol. The average molecular weight is 622 g/mol. The van der Waals surface area contributed by atoms with Gasteiger partial charge in [-0.2, -0.15) is 6.42 Å². The molecule has 1 heterocycles. The van der Waals surface area contributed by atoms with Crippen LogP contribution < -0.4 is 5.32 Å². The molecule has 190 valence electrons. The molecule has 1 aliphatic rings. The molecule has 3 rings (SSSR count). The van der Waals surface area contributed by atoms with Crippen LogP contribution in [0.1, 0.15) is 67.9 Å². The molecule has 6 heteroatoms. The molecule has 1 saturated heterocycles. The minimum atomic E-state index is 0. The van der Waals surface area contributed by atoms with Gasteiger partial charge in [-0.1, -0.05) is 79.8 Å². The van der Waals surface area contributed by atoms with Crippen LogP contribution in [0.3, 0.4) is 0 Å². The third-order valence-corrected chi connectivity index (χ3v) is 4.09. The van der Waals surface area contributed by atoms with Crippen LogP contribution in [0, 0.1) is 6.92 Å². The minimum absolute atomic E-state index is 0. The van der Waals surface area contributed by atoms with Crippen molar-refractivity contribution in [2.24, 2.45) is 4.99 Å². The largest absolute Gasteiger partial charge is 0.356 e. The zero-order chi connectivity index (χ0) is 22.8. The maximum atomic E-state index is 4.78. The van der Waals surface area contributed by atoms with Gasteiger partial charge in [-0.25, -0.2) is 4.99 Å². The van der Waals surface area contributed by atoms with Crippen LogP contribution in [0.25, 0.3) is 0 Å². The normalized spacial score (nSPS) is 10.9. The summed E-state index contributed by atoms with van der Waals surface area (Å²) in [6.07, 6.45) is 2.20. The predicted octanol–water partition coefficient (Wildman–Crippen LogP) is 8.10. The van der Waals surface area contributed by atoms with E-state index >= 15 is 0 Å². The summed E-state index contributed by atoms with van der Waals surface area (Å²) in [6.45, 7) is 16.4. The summed E-state index contributed by atoms with van der Waals surface area (Å²) in [7, 11) is 4.22. The van der Waals surface area contributed by atoms with E-state index < -0.39 is 0 Å². The summed E-state index contributed by atoms with van der Waals surface area (Å²) in [5, 5.41) is 3.40. The van der Waals surface area contributed by atoms with Crippen molar-refractivity contribution in [3.8, 4) is 0 Å². The molecular formula is C28H51N4Y2-. The fourth-order valence-corrected chi connectivity index (χ4v) is 2.82. The summed E-state index contributed by atoms with van der Waals surface area (Å²) in [5.41, 5.74) is 3.42. The van der Waals surface area contributed by atoms with Crippen molar-refractivity contribution in [3.05, 3.63) is 67.1 Å². The molecule has 1 fully saturated rings. The van der Waals surface area contributed by atoms with Crippen molar-refractivity contribution in [3.63, 3.8) is 0 Å². The van der Waals surface area contributed by atoms with E-state index in [0.717, 1.165) is 43.4 Å². The number of para-hydroxylation sites is 1. The number of hydrogen-bond acceptors (Lipinski definition) is 2. The molecule has 2 radical (unpaired) electrons. The Kier molecular flexibility index (Phi) is 37.3. The first kappa shape index (κ1) is 43.8. The zero-order valence-corrected chi connectivity index (χ0v) is 27.1. The van der Waals surface area contributed by atoms with Crippen molar-refractivity contribution in [2.45, 2.75) is 68.9 Å². The molecule has 0 saturated carbocycles. The molecule has 2 aromatic rings. The van der Waals surface area contributed by atoms with Crippen LogP contribution in [0.4, 0.5) is 11.4 Å². The summed E-state index contributed by atoms with van der Waals surface area (Å²) >= 11 is 0. The van der Waals surface area contributed by atoms with E-state index in [1.807, 2.05) is 52.8 Å². The van der Waals surface area contributed by atoms with Crippen LogP contribution in [-0.2, 0) is 72.0 Å². The Bertz CT molecular complexity index is 665. The average Bonchev–Trinajstić information content (AvgIpc) is 2.79. The van der Waals surface area contributed by atoms with Crippen molar-refractivity contribution < 1.29 is 65.4 Å². The number of benzene rings is 2. The molecule has 0 unspecified atom stereocenters. The number of guanidine groups is 1. The number of anilines is 2. The number of nitrogens with zero attached hydrogens (tertiary/aromatic N) is 3. The van der Waals surface area contributed by atoms with E-state index in [9.17, 15) is 0 Å². The number of rotatable bonds is 4. The third kappa shape index (κ3) is 18.1. The fourth-order valence-electron chi connectivity index (χ4n) is 2.82. The predicted molar refractivity (Wildman–Crippen MR) is 149 cm³/mol. The molecule has 1 aliphatic heterocycles. The van der Waals surface area contributed by atoms with Crippen LogP contribution in [0.15, 0.2) is 59.6 Å². The summed E-state index contributed by atoms with van der Waals surface area (Å²) < 4.78 is 0. The van der Waals surface area contributed by atoms with E-state index in [2.05, 4.69) is 72.5 Å². The molecule has 34 heavy (non-hydrogen) atoms. The Morgan fingerprint density at radius 1 is 0.794 bits per heavy atom. The van der Waals surface area contributed by atoms with Gasteiger partial charge in [-0.15, -0.1) is 0 Å². The Morgan fingerprint density at radius 2 is 1.21 bits per heavy atom. The smallest absolute Gasteiger partial charge is 0.196 e. The Hall–Kier alpha value is -0.282. The molecule has 4 nitrogen and oxygen atoms in total. The number of nitrogens with one attached hydrogen (secondary N) is 1. The van der Waals surface area contributed by atoms with Crippen molar-refractivity contribution in [1.82, 2.24) is 9.80 Å². The summed E-state index contributed by atoms with van der Waals surface area (Å²) in [6, 6.07) is 18.7. The second-order valence-electron chi connectivity index (χ2n) is 6.50. The van der Waals surface area contributed by atoms with Gasteiger partial charge >= 0.3 is 0 Å². The SMILES string of the molecule is C.C.CC.CC.CN1CCCN(C)C1=NCc1ccc(Nc2ccccc2)cc1.[CH2-]CC.[Y].[Y]. The molecule has 1 N–H and O–H groups in total. The van der Waals surface area contributed by atoms with Crippen LogP contribution in [-0.4, -0.2) is 42.9 Å². The molecule has 0 atom stereocenters. The molecule has 0 bridgehead atoms. The van der Waals surface area contributed by atoms with Crippen LogP contribution in [0.2, 0.25) is 0 Å². The maximum absolute atomic E-state index is 4.78. The standard InChI is InChI=1S/C19H24N4.C3H7.2C2H6.2CH4.2Y/c1-22-13-6-14-23(2)19(22)20-15-16-9-11-18(12-10-16)21-17-7-4-3-5-8-17;1-3-2;2*1-2;;;;/h3-5,7-12,21H,6,13-15H2,1-2H3;1,3H2,2H3;2*1-2H3;2*1H4;;/q;-1;;;;;;. The van der Waals surface area contributed by atoms with Gasteiger partial charge in [0.15, 0.2) is 5.96 Å². The van der Waals surface area contributed by atoms with Crippen LogP contribution >= 0.6 is 0 Å². The minimum Gasteiger partial charge on any atom is -0.356 e. The Morgan fingerprint density at radius 3 is 1.65 bits per heavy atom. The van der Waals surface area contributed by atoms with Gasteiger partial charge in [0.05, 0.1) is 6.54 Å². The van der Waals surface area contributed by atoms with E-state index in [4.69, 9.17) is 4.99 Å². The van der Waals surface area contributed by atoms with Crippen molar-refractivity contribution >= 4 is 17.3 Å². The zero-order valence-electron chi connectivity index (χ0n) is 21.4. The molecule has 0 spiro atoms. The molecule has 0 aliphatic carbocycles. The topological polar surface area (TPSA) is 30.9 Å². The van der Waals surface area contributed by atoms with Gasteiger partial charge in [0.2, 0.25) is 0 Å². The first-order valence-electron chi connectivity index (χ1n) is 11.3. The molecule has 2 aromatic carbocycles. The number of hydrogen-bond donors (Lipinski definition) is 1. The second kappa shape index (κ2) is 29.0. The maximum Gasteiger partial charge on any atom is 0.196 e. The quantitative estimate of drug-likeness (QED) is 0.350. The van der Waals surface area contributed by atoms with E-state index in [-0.39, 0.29) is 80.3 Å². The first-order valence-corrected chi connectivity index (χ1v) is 11.3. The van der Waals surface area contributed by atoms with Gasteiger partial charge < -0.3 is 22.0 Å². The van der Waals surface area contributed by atoms with Gasteiger partial charge in [0.25, 0.3) is 0 Å². The van der Waals surface area contributed by atoms with Gasteiger partial charge in [0.1, 0.15) is 0 Å².